The molecule has 2 aromatic rings. The molecule has 0 aliphatic rings. The molecule has 0 atom stereocenters. The Labute approximate surface area is 122 Å². The average Bonchev–Trinajstić information content (AvgIpc) is 2.47. The lowest BCUT2D eigenvalue weighted by Crippen LogP contribution is -1.98. The van der Waals surface area contributed by atoms with Gasteiger partial charge in [0, 0.05) is 5.56 Å². The number of ether oxygens (including phenoxy) is 1. The third-order valence-electron chi connectivity index (χ3n) is 3.22. The Morgan fingerprint density at radius 1 is 0.952 bits per heavy atom. The molecule has 0 aliphatic carbocycles. The second kappa shape index (κ2) is 6.66. The topological polar surface area (TPSA) is 9.23 Å². The molecule has 0 aliphatic heterocycles. The minimum absolute atomic E-state index is 0.0503. The van der Waals surface area contributed by atoms with Crippen LogP contribution in [0.15, 0.2) is 30.3 Å². The van der Waals surface area contributed by atoms with Crippen LogP contribution >= 0.6 is 0 Å². The number of hydrogen-bond donors (Lipinski definition) is 0. The Balaban J connectivity index is 2.43. The van der Waals surface area contributed by atoms with E-state index in [0.29, 0.717) is 18.6 Å². The van der Waals surface area contributed by atoms with Crippen molar-refractivity contribution in [2.75, 3.05) is 6.61 Å². The van der Waals surface area contributed by atoms with Gasteiger partial charge in [-0.05, 0) is 36.6 Å². The first-order valence-corrected chi connectivity index (χ1v) is 6.98. The first-order chi connectivity index (χ1) is 10.1. The van der Waals surface area contributed by atoms with Gasteiger partial charge < -0.3 is 4.74 Å². The van der Waals surface area contributed by atoms with Gasteiger partial charge in [0.2, 0.25) is 0 Å². The first kappa shape index (κ1) is 15.4. The van der Waals surface area contributed by atoms with Crippen molar-refractivity contribution in [1.29, 1.82) is 0 Å². The fraction of sp³-hybridized carbons (Fsp3) is 0.294. The SMILES string of the molecule is CCCc1ccc(-c2ccc(OCC)c(F)c2)c(F)c1F. The Kier molecular flexibility index (Phi) is 4.89. The van der Waals surface area contributed by atoms with E-state index in [1.165, 1.54) is 18.2 Å². The van der Waals surface area contributed by atoms with Gasteiger partial charge in [0.05, 0.1) is 6.61 Å². The van der Waals surface area contributed by atoms with Crippen molar-refractivity contribution in [1.82, 2.24) is 0 Å². The minimum Gasteiger partial charge on any atom is -0.491 e. The minimum atomic E-state index is -0.940. The predicted octanol–water partition coefficient (Wildman–Crippen LogP) is 5.12. The van der Waals surface area contributed by atoms with Gasteiger partial charge in [-0.3, -0.25) is 0 Å². The van der Waals surface area contributed by atoms with Crippen LogP contribution in [0.2, 0.25) is 0 Å². The summed E-state index contributed by atoms with van der Waals surface area (Å²) in [6.45, 7) is 3.98. The van der Waals surface area contributed by atoms with E-state index in [4.69, 9.17) is 4.74 Å². The molecule has 0 bridgehead atoms. The molecule has 21 heavy (non-hydrogen) atoms. The molecule has 1 nitrogen and oxygen atoms in total. The third kappa shape index (κ3) is 3.20. The summed E-state index contributed by atoms with van der Waals surface area (Å²) in [5.41, 5.74) is 0.676. The van der Waals surface area contributed by atoms with E-state index in [0.717, 1.165) is 12.5 Å². The molecule has 112 valence electrons. The Morgan fingerprint density at radius 2 is 1.71 bits per heavy atom. The fourth-order valence-corrected chi connectivity index (χ4v) is 2.22. The van der Waals surface area contributed by atoms with E-state index in [-0.39, 0.29) is 16.9 Å². The molecule has 0 spiro atoms. The molecule has 0 saturated carbocycles. The lowest BCUT2D eigenvalue weighted by atomic mass is 10.0. The number of benzene rings is 2. The highest BCUT2D eigenvalue weighted by Gasteiger charge is 2.15. The van der Waals surface area contributed by atoms with Crippen molar-refractivity contribution in [3.8, 4) is 16.9 Å². The summed E-state index contributed by atoms with van der Waals surface area (Å²) < 4.78 is 47.0. The highest BCUT2D eigenvalue weighted by Crippen LogP contribution is 2.30. The Bertz CT molecular complexity index is 638. The van der Waals surface area contributed by atoms with E-state index in [1.807, 2.05) is 6.92 Å². The van der Waals surface area contributed by atoms with Crippen LogP contribution < -0.4 is 4.74 Å². The van der Waals surface area contributed by atoms with Crippen molar-refractivity contribution in [2.24, 2.45) is 0 Å². The Morgan fingerprint density at radius 3 is 2.33 bits per heavy atom. The molecule has 4 heteroatoms. The lowest BCUT2D eigenvalue weighted by molar-refractivity contribution is 0.321. The van der Waals surface area contributed by atoms with Gasteiger partial charge in [-0.25, -0.2) is 13.2 Å². The van der Waals surface area contributed by atoms with Gasteiger partial charge in [-0.1, -0.05) is 31.5 Å². The smallest absolute Gasteiger partial charge is 0.166 e. The number of rotatable bonds is 5. The van der Waals surface area contributed by atoms with Crippen molar-refractivity contribution < 1.29 is 17.9 Å². The van der Waals surface area contributed by atoms with E-state index in [9.17, 15) is 13.2 Å². The summed E-state index contributed by atoms with van der Waals surface area (Å²) >= 11 is 0. The fourth-order valence-electron chi connectivity index (χ4n) is 2.22. The molecule has 0 N–H and O–H groups in total. The zero-order chi connectivity index (χ0) is 15.4. The van der Waals surface area contributed by atoms with Gasteiger partial charge in [0.1, 0.15) is 0 Å². The zero-order valence-electron chi connectivity index (χ0n) is 12.1. The van der Waals surface area contributed by atoms with Gasteiger partial charge in [-0.15, -0.1) is 0 Å². The van der Waals surface area contributed by atoms with Gasteiger partial charge >= 0.3 is 0 Å². The van der Waals surface area contributed by atoms with Crippen LogP contribution in [0.4, 0.5) is 13.2 Å². The molecular weight excluding hydrogens is 277 g/mol. The second-order valence-corrected chi connectivity index (χ2v) is 4.73. The van der Waals surface area contributed by atoms with E-state index < -0.39 is 17.5 Å². The van der Waals surface area contributed by atoms with Crippen molar-refractivity contribution in [3.05, 3.63) is 53.3 Å². The highest BCUT2D eigenvalue weighted by atomic mass is 19.2. The van der Waals surface area contributed by atoms with Gasteiger partial charge in [0.15, 0.2) is 23.2 Å². The molecular formula is C17H17F3O. The van der Waals surface area contributed by atoms with Gasteiger partial charge in [0.25, 0.3) is 0 Å². The molecule has 2 aromatic carbocycles. The molecule has 0 radical (unpaired) electrons. The molecule has 2 rings (SSSR count). The van der Waals surface area contributed by atoms with Crippen LogP contribution in [0.5, 0.6) is 5.75 Å². The summed E-state index contributed by atoms with van der Waals surface area (Å²) in [6, 6.07) is 7.13. The van der Waals surface area contributed by atoms with Crippen molar-refractivity contribution in [2.45, 2.75) is 26.7 Å². The van der Waals surface area contributed by atoms with Crippen LogP contribution in [0.25, 0.3) is 11.1 Å². The number of aryl methyl sites for hydroxylation is 1. The van der Waals surface area contributed by atoms with Crippen molar-refractivity contribution in [3.63, 3.8) is 0 Å². The maximum absolute atomic E-state index is 14.1. The molecule has 0 saturated heterocycles. The molecule has 0 heterocycles. The summed E-state index contributed by atoms with van der Waals surface area (Å²) in [7, 11) is 0. The van der Waals surface area contributed by atoms with Gasteiger partial charge in [-0.2, -0.15) is 0 Å². The van der Waals surface area contributed by atoms with E-state index in [1.54, 1.807) is 13.0 Å². The molecule has 0 unspecified atom stereocenters. The molecule has 0 aromatic heterocycles. The van der Waals surface area contributed by atoms with Crippen LogP contribution in [0.1, 0.15) is 25.8 Å². The highest BCUT2D eigenvalue weighted by molar-refractivity contribution is 5.65. The molecule has 0 amide bonds. The van der Waals surface area contributed by atoms with Crippen LogP contribution in [0.3, 0.4) is 0 Å². The standard InChI is InChI=1S/C17H17F3O/c1-3-5-11-6-8-13(17(20)16(11)19)12-7-9-15(21-4-2)14(18)10-12/h6-10H,3-5H2,1-2H3. The largest absolute Gasteiger partial charge is 0.491 e. The van der Waals surface area contributed by atoms with Crippen LogP contribution in [-0.2, 0) is 6.42 Å². The maximum Gasteiger partial charge on any atom is 0.166 e. The maximum atomic E-state index is 14.1. The van der Waals surface area contributed by atoms with Crippen molar-refractivity contribution >= 4 is 0 Å². The summed E-state index contributed by atoms with van der Waals surface area (Å²) in [5, 5.41) is 0. The number of hydrogen-bond acceptors (Lipinski definition) is 1. The monoisotopic (exact) mass is 294 g/mol. The predicted molar refractivity (Wildman–Crippen MR) is 76.9 cm³/mol. The third-order valence-corrected chi connectivity index (χ3v) is 3.22. The summed E-state index contributed by atoms with van der Waals surface area (Å²) in [5.74, 6) is -2.29. The second-order valence-electron chi connectivity index (χ2n) is 4.73. The number of halogens is 3. The normalized spacial score (nSPS) is 10.7. The Hall–Kier alpha value is -1.97. The van der Waals surface area contributed by atoms with E-state index in [2.05, 4.69) is 0 Å². The molecule has 0 fully saturated rings. The summed E-state index contributed by atoms with van der Waals surface area (Å²) in [4.78, 5) is 0. The zero-order valence-corrected chi connectivity index (χ0v) is 12.1. The quantitative estimate of drug-likeness (QED) is 0.743. The van der Waals surface area contributed by atoms with E-state index >= 15 is 0 Å². The summed E-state index contributed by atoms with van der Waals surface area (Å²) in [6.07, 6.45) is 1.20. The van der Waals surface area contributed by atoms with Crippen LogP contribution in [0, 0.1) is 17.5 Å². The first-order valence-electron chi connectivity index (χ1n) is 6.98. The average molecular weight is 294 g/mol. The van der Waals surface area contributed by atoms with Crippen LogP contribution in [-0.4, -0.2) is 6.61 Å². The lowest BCUT2D eigenvalue weighted by Gasteiger charge is -2.10.